The lowest BCUT2D eigenvalue weighted by Crippen LogP contribution is -2.34. The van der Waals surface area contributed by atoms with E-state index in [2.05, 4.69) is 14.8 Å². The first-order valence-corrected chi connectivity index (χ1v) is 7.13. The largest absolute Gasteiger partial charge is 0.384 e. The van der Waals surface area contributed by atoms with E-state index in [-0.39, 0.29) is 6.42 Å². The maximum Gasteiger partial charge on any atom is 0.384 e. The molecule has 3 aliphatic heterocycles. The Hall–Kier alpha value is -1.18. The van der Waals surface area contributed by atoms with Crippen molar-refractivity contribution in [3.63, 3.8) is 0 Å². The molecule has 20 heavy (non-hydrogen) atoms. The number of ether oxygens (including phenoxy) is 2. The third-order valence-electron chi connectivity index (χ3n) is 4.75. The van der Waals surface area contributed by atoms with Crippen LogP contribution in [0.3, 0.4) is 0 Å². The molecule has 1 saturated carbocycles. The van der Waals surface area contributed by atoms with Crippen molar-refractivity contribution < 1.29 is 33.9 Å². The Bertz CT molecular complexity index is 458. The van der Waals surface area contributed by atoms with Crippen LogP contribution in [0.25, 0.3) is 0 Å². The number of carbonyl (C=O) groups is 2. The second-order valence-electron chi connectivity index (χ2n) is 6.01. The summed E-state index contributed by atoms with van der Waals surface area (Å²) >= 11 is 0. The Balaban J connectivity index is 1.53. The Labute approximate surface area is 115 Å². The van der Waals surface area contributed by atoms with Crippen molar-refractivity contribution in [3.8, 4) is 0 Å². The lowest BCUT2D eigenvalue weighted by Gasteiger charge is -2.23. The quantitative estimate of drug-likeness (QED) is 0.555. The van der Waals surface area contributed by atoms with Crippen LogP contribution in [-0.4, -0.2) is 29.4 Å². The van der Waals surface area contributed by atoms with Crippen LogP contribution in [0.2, 0.25) is 0 Å². The van der Waals surface area contributed by atoms with Gasteiger partial charge in [0, 0.05) is 5.04 Å². The predicted molar refractivity (Wildman–Crippen MR) is 60.5 cm³/mol. The van der Waals surface area contributed by atoms with Gasteiger partial charge in [0.25, 0.3) is 0 Å². The minimum atomic E-state index is -1.12. The van der Waals surface area contributed by atoms with Crippen molar-refractivity contribution in [2.75, 3.05) is 0 Å². The summed E-state index contributed by atoms with van der Waals surface area (Å²) in [6, 6.07) is 0. The van der Waals surface area contributed by atoms with E-state index in [9.17, 15) is 9.59 Å². The first-order valence-electron chi connectivity index (χ1n) is 7.13. The van der Waals surface area contributed by atoms with Crippen molar-refractivity contribution in [1.29, 1.82) is 0 Å². The van der Waals surface area contributed by atoms with Crippen LogP contribution in [0.5, 0.6) is 0 Å². The minimum absolute atomic E-state index is 0.00303. The summed E-state index contributed by atoms with van der Waals surface area (Å²) in [5, 5.41) is 4.22. The molecule has 0 aromatic heterocycles. The van der Waals surface area contributed by atoms with Gasteiger partial charge >= 0.3 is 11.9 Å². The molecule has 0 aromatic rings. The maximum atomic E-state index is 12.2. The molecule has 1 spiro atoms. The molecule has 0 bridgehead atoms. The highest BCUT2D eigenvalue weighted by Gasteiger charge is 2.90. The molecule has 0 radical (unpaired) electrons. The zero-order chi connectivity index (χ0) is 13.8. The second kappa shape index (κ2) is 4.16. The molecule has 3 unspecified atom stereocenters. The SMILES string of the molecule is O=C1CC2OC23OC3(CC2CCCCC2)C(=O)OOO1. The molecule has 4 fully saturated rings. The summed E-state index contributed by atoms with van der Waals surface area (Å²) in [6.07, 6.45) is 5.86. The number of rotatable bonds is 2. The molecule has 0 aromatic carbocycles. The van der Waals surface area contributed by atoms with E-state index in [1.807, 2.05) is 0 Å². The molecule has 1 aliphatic carbocycles. The number of hydrogen-bond acceptors (Lipinski definition) is 7. The van der Waals surface area contributed by atoms with Crippen LogP contribution >= 0.6 is 0 Å². The van der Waals surface area contributed by atoms with Crippen LogP contribution < -0.4 is 0 Å². The summed E-state index contributed by atoms with van der Waals surface area (Å²) in [7, 11) is 0. The number of hydrogen-bond donors (Lipinski definition) is 0. The van der Waals surface area contributed by atoms with Crippen LogP contribution in [0.1, 0.15) is 44.9 Å². The van der Waals surface area contributed by atoms with E-state index in [1.54, 1.807) is 0 Å². The lowest BCUT2D eigenvalue weighted by molar-refractivity contribution is -0.460. The molecule has 0 N–H and O–H groups in total. The van der Waals surface area contributed by atoms with Gasteiger partial charge in [0.15, 0.2) is 0 Å². The highest BCUT2D eigenvalue weighted by molar-refractivity contribution is 5.86. The van der Waals surface area contributed by atoms with Crippen molar-refractivity contribution in [2.45, 2.75) is 62.4 Å². The molecule has 110 valence electrons. The van der Waals surface area contributed by atoms with Gasteiger partial charge in [0.1, 0.15) is 6.10 Å². The van der Waals surface area contributed by atoms with Gasteiger partial charge in [-0.2, -0.15) is 0 Å². The summed E-state index contributed by atoms with van der Waals surface area (Å²) in [5.74, 6) is -1.87. The van der Waals surface area contributed by atoms with Crippen molar-refractivity contribution in [3.05, 3.63) is 0 Å². The molecule has 7 nitrogen and oxygen atoms in total. The topological polar surface area (TPSA) is 86.9 Å². The maximum absolute atomic E-state index is 12.2. The van der Waals surface area contributed by atoms with Crippen LogP contribution in [-0.2, 0) is 33.9 Å². The average molecular weight is 284 g/mol. The molecule has 3 atom stereocenters. The first kappa shape index (κ1) is 12.6. The molecule has 4 rings (SSSR count). The van der Waals surface area contributed by atoms with Gasteiger partial charge in [0.2, 0.25) is 11.4 Å². The van der Waals surface area contributed by atoms with Gasteiger partial charge in [-0.15, -0.1) is 0 Å². The van der Waals surface area contributed by atoms with Crippen molar-refractivity contribution in [2.24, 2.45) is 5.92 Å². The highest BCUT2D eigenvalue weighted by atomic mass is 17.5. The van der Waals surface area contributed by atoms with Crippen LogP contribution in [0.4, 0.5) is 0 Å². The van der Waals surface area contributed by atoms with E-state index >= 15 is 0 Å². The van der Waals surface area contributed by atoms with E-state index in [4.69, 9.17) is 9.47 Å². The second-order valence-corrected chi connectivity index (χ2v) is 6.01. The lowest BCUT2D eigenvalue weighted by atomic mass is 9.81. The molecule has 3 saturated heterocycles. The predicted octanol–water partition coefficient (Wildman–Crippen LogP) is 1.16. The third kappa shape index (κ3) is 1.70. The number of epoxide rings is 2. The van der Waals surface area contributed by atoms with Gasteiger partial charge in [-0.25, -0.2) is 9.59 Å². The summed E-state index contributed by atoms with van der Waals surface area (Å²) in [5.41, 5.74) is -1.12. The Morgan fingerprint density at radius 1 is 1.10 bits per heavy atom. The van der Waals surface area contributed by atoms with E-state index in [1.165, 1.54) is 19.3 Å². The van der Waals surface area contributed by atoms with Gasteiger partial charge in [-0.1, -0.05) is 32.1 Å². The fourth-order valence-corrected chi connectivity index (χ4v) is 3.62. The monoisotopic (exact) mass is 284 g/mol. The van der Waals surface area contributed by atoms with Gasteiger partial charge < -0.3 is 9.47 Å². The smallest absolute Gasteiger partial charge is 0.335 e. The van der Waals surface area contributed by atoms with Crippen molar-refractivity contribution >= 4 is 11.9 Å². The normalized spacial score (nSPS) is 44.1. The summed E-state index contributed by atoms with van der Waals surface area (Å²) in [6.45, 7) is 0. The highest BCUT2D eigenvalue weighted by Crippen LogP contribution is 2.67. The molecular weight excluding hydrogens is 268 g/mol. The first-order chi connectivity index (χ1) is 9.66. The Morgan fingerprint density at radius 2 is 1.90 bits per heavy atom. The van der Waals surface area contributed by atoms with E-state index in [0.29, 0.717) is 12.3 Å². The van der Waals surface area contributed by atoms with E-state index in [0.717, 1.165) is 12.8 Å². The summed E-state index contributed by atoms with van der Waals surface area (Å²) < 4.78 is 11.1. The fourth-order valence-electron chi connectivity index (χ4n) is 3.62. The van der Waals surface area contributed by atoms with Gasteiger partial charge in [0.05, 0.1) is 6.42 Å². The molecule has 3 heterocycles. The van der Waals surface area contributed by atoms with Crippen molar-refractivity contribution in [1.82, 2.24) is 0 Å². The minimum Gasteiger partial charge on any atom is -0.335 e. The average Bonchev–Trinajstić information content (AvgIpc) is 3.29. The Morgan fingerprint density at radius 3 is 2.70 bits per heavy atom. The van der Waals surface area contributed by atoms with Gasteiger partial charge in [-0.05, 0) is 12.3 Å². The number of carbonyl (C=O) groups excluding carboxylic acids is 2. The zero-order valence-electron chi connectivity index (χ0n) is 11.0. The molecular formula is C13H16O7. The Kier molecular flexibility index (Phi) is 2.61. The molecule has 4 aliphatic rings. The third-order valence-corrected chi connectivity index (χ3v) is 4.75. The zero-order valence-corrected chi connectivity index (χ0v) is 11.0. The van der Waals surface area contributed by atoms with Crippen LogP contribution in [0.15, 0.2) is 0 Å². The molecule has 7 heteroatoms. The van der Waals surface area contributed by atoms with E-state index < -0.39 is 29.4 Å². The fraction of sp³-hybridized carbons (Fsp3) is 0.846. The van der Waals surface area contributed by atoms with Gasteiger partial charge in [-0.3, -0.25) is 9.78 Å². The van der Waals surface area contributed by atoms with Crippen LogP contribution in [0, 0.1) is 5.92 Å². The summed E-state index contributed by atoms with van der Waals surface area (Å²) in [4.78, 5) is 32.3. The standard InChI is InChI=1S/C13H16O7/c14-10-6-9-13(16-9)12(19-13,11(15)18-20-17-10)7-8-4-2-1-3-5-8/h8-9H,1-7H2. The molecule has 0 amide bonds.